The summed E-state index contributed by atoms with van der Waals surface area (Å²) in [4.78, 5) is 10.6. The number of aromatic carboxylic acids is 1. The molecule has 2 rings (SSSR count). The molecule has 2 aromatic carbocycles. The zero-order chi connectivity index (χ0) is 14.9. The number of benzene rings is 2. The minimum absolute atomic E-state index is 0.0766. The Morgan fingerprint density at radius 1 is 1.05 bits per heavy atom. The Kier molecular flexibility index (Phi) is 3.85. The molecule has 0 bridgehead atoms. The van der Waals surface area contributed by atoms with Gasteiger partial charge in [0.2, 0.25) is 0 Å². The van der Waals surface area contributed by atoms with Crippen molar-refractivity contribution < 1.29 is 23.1 Å². The quantitative estimate of drug-likeness (QED) is 0.893. The summed E-state index contributed by atoms with van der Waals surface area (Å²) in [5.41, 5.74) is -1.02. The van der Waals surface area contributed by atoms with Gasteiger partial charge in [0.15, 0.2) is 11.6 Å². The molecule has 0 radical (unpaired) electrons. The second kappa shape index (κ2) is 5.42. The lowest BCUT2D eigenvalue weighted by molar-refractivity contribution is 0.0696. The molecule has 0 atom stereocenters. The Bertz CT molecular complexity index is 668. The molecule has 2 aromatic rings. The van der Waals surface area contributed by atoms with Gasteiger partial charge in [-0.2, -0.15) is 0 Å². The average Bonchev–Trinajstić information content (AvgIpc) is 2.37. The molecule has 2 N–H and O–H groups in total. The fourth-order valence-corrected chi connectivity index (χ4v) is 1.65. The zero-order valence-corrected chi connectivity index (χ0v) is 10.5. The molecule has 0 aliphatic carbocycles. The fraction of sp³-hybridized carbons (Fsp3) is 0. The molecule has 0 spiro atoms. The number of nitrogens with one attached hydrogen (secondary N) is 1. The van der Waals surface area contributed by atoms with E-state index in [4.69, 9.17) is 16.7 Å². The summed E-state index contributed by atoms with van der Waals surface area (Å²) in [5, 5.41) is 10.9. The van der Waals surface area contributed by atoms with Crippen molar-refractivity contribution in [1.82, 2.24) is 0 Å². The molecule has 0 aromatic heterocycles. The van der Waals surface area contributed by atoms with Crippen LogP contribution in [-0.2, 0) is 0 Å². The second-order valence-corrected chi connectivity index (χ2v) is 4.28. The van der Waals surface area contributed by atoms with E-state index in [-0.39, 0.29) is 10.7 Å². The summed E-state index contributed by atoms with van der Waals surface area (Å²) in [5.74, 6) is -4.40. The van der Waals surface area contributed by atoms with Crippen molar-refractivity contribution in [3.05, 3.63) is 58.4 Å². The SMILES string of the molecule is O=C(O)c1cc(F)c(Nc2ccc(Cl)c(F)c2)c(F)c1. The number of hydrogen-bond acceptors (Lipinski definition) is 2. The van der Waals surface area contributed by atoms with E-state index in [0.717, 1.165) is 6.07 Å². The Morgan fingerprint density at radius 2 is 1.65 bits per heavy atom. The van der Waals surface area contributed by atoms with Crippen LogP contribution in [0.25, 0.3) is 0 Å². The van der Waals surface area contributed by atoms with Crippen molar-refractivity contribution in [1.29, 1.82) is 0 Å². The molecule has 0 saturated carbocycles. The molecular weight excluding hydrogens is 295 g/mol. The predicted octanol–water partition coefficient (Wildman–Crippen LogP) is 4.20. The highest BCUT2D eigenvalue weighted by molar-refractivity contribution is 6.30. The first kappa shape index (κ1) is 14.2. The van der Waals surface area contributed by atoms with Crippen LogP contribution in [0.2, 0.25) is 5.02 Å². The zero-order valence-electron chi connectivity index (χ0n) is 9.75. The molecule has 0 heterocycles. The van der Waals surface area contributed by atoms with Crippen LogP contribution in [0, 0.1) is 17.5 Å². The third-order valence-corrected chi connectivity index (χ3v) is 2.78. The maximum Gasteiger partial charge on any atom is 0.335 e. The van der Waals surface area contributed by atoms with Crippen molar-refractivity contribution in [3.63, 3.8) is 0 Å². The Labute approximate surface area is 116 Å². The molecule has 0 fully saturated rings. The highest BCUT2D eigenvalue weighted by Gasteiger charge is 2.15. The first-order chi connectivity index (χ1) is 9.38. The lowest BCUT2D eigenvalue weighted by Crippen LogP contribution is -2.03. The van der Waals surface area contributed by atoms with E-state index >= 15 is 0 Å². The molecule has 7 heteroatoms. The highest BCUT2D eigenvalue weighted by Crippen LogP contribution is 2.26. The third-order valence-electron chi connectivity index (χ3n) is 2.48. The average molecular weight is 302 g/mol. The largest absolute Gasteiger partial charge is 0.478 e. The predicted molar refractivity (Wildman–Crippen MR) is 68.0 cm³/mol. The van der Waals surface area contributed by atoms with Crippen molar-refractivity contribution in [2.75, 3.05) is 5.32 Å². The molecule has 0 aliphatic heterocycles. The van der Waals surface area contributed by atoms with E-state index in [9.17, 15) is 18.0 Å². The van der Waals surface area contributed by atoms with Gasteiger partial charge in [0.05, 0.1) is 10.6 Å². The van der Waals surface area contributed by atoms with Crippen LogP contribution < -0.4 is 5.32 Å². The number of carboxylic acids is 1. The van der Waals surface area contributed by atoms with Gasteiger partial charge in [0, 0.05) is 5.69 Å². The van der Waals surface area contributed by atoms with Gasteiger partial charge in [0.25, 0.3) is 0 Å². The molecule has 104 valence electrons. The van der Waals surface area contributed by atoms with Gasteiger partial charge in [-0.1, -0.05) is 11.6 Å². The van der Waals surface area contributed by atoms with E-state index in [0.29, 0.717) is 12.1 Å². The summed E-state index contributed by atoms with van der Waals surface area (Å²) in [6.45, 7) is 0. The monoisotopic (exact) mass is 301 g/mol. The molecular formula is C13H7ClF3NO2. The summed E-state index contributed by atoms with van der Waals surface area (Å²) >= 11 is 5.49. The second-order valence-electron chi connectivity index (χ2n) is 3.87. The number of carbonyl (C=O) groups is 1. The van der Waals surface area contributed by atoms with E-state index < -0.39 is 34.7 Å². The van der Waals surface area contributed by atoms with Crippen molar-refractivity contribution in [3.8, 4) is 0 Å². The standard InChI is InChI=1S/C13H7ClF3NO2/c14-8-2-1-7(5-9(8)15)18-12-10(16)3-6(13(19)20)4-11(12)17/h1-5,18H,(H,19,20). The Hall–Kier alpha value is -2.21. The topological polar surface area (TPSA) is 49.3 Å². The van der Waals surface area contributed by atoms with Gasteiger partial charge < -0.3 is 10.4 Å². The van der Waals surface area contributed by atoms with Crippen LogP contribution in [0.15, 0.2) is 30.3 Å². The van der Waals surface area contributed by atoms with Crippen molar-refractivity contribution >= 4 is 28.9 Å². The number of carboxylic acid groups (broad SMARTS) is 1. The molecule has 0 saturated heterocycles. The molecule has 0 amide bonds. The van der Waals surface area contributed by atoms with Crippen LogP contribution in [-0.4, -0.2) is 11.1 Å². The van der Waals surface area contributed by atoms with Gasteiger partial charge in [-0.3, -0.25) is 0 Å². The highest BCUT2D eigenvalue weighted by atomic mass is 35.5. The third kappa shape index (κ3) is 2.85. The minimum Gasteiger partial charge on any atom is -0.478 e. The summed E-state index contributed by atoms with van der Waals surface area (Å²) < 4.78 is 40.5. The van der Waals surface area contributed by atoms with Crippen molar-refractivity contribution in [2.24, 2.45) is 0 Å². The molecule has 20 heavy (non-hydrogen) atoms. The van der Waals surface area contributed by atoms with E-state index in [1.807, 2.05) is 0 Å². The number of rotatable bonds is 3. The molecule has 0 aliphatic rings. The van der Waals surface area contributed by atoms with Crippen LogP contribution in [0.1, 0.15) is 10.4 Å². The first-order valence-electron chi connectivity index (χ1n) is 5.33. The van der Waals surface area contributed by atoms with Gasteiger partial charge in [-0.15, -0.1) is 0 Å². The van der Waals surface area contributed by atoms with Gasteiger partial charge in [-0.25, -0.2) is 18.0 Å². The maximum atomic E-state index is 13.7. The van der Waals surface area contributed by atoms with Crippen LogP contribution >= 0.6 is 11.6 Å². The van der Waals surface area contributed by atoms with Gasteiger partial charge in [0.1, 0.15) is 11.5 Å². The van der Waals surface area contributed by atoms with E-state index in [1.54, 1.807) is 0 Å². The summed E-state index contributed by atoms with van der Waals surface area (Å²) in [6.07, 6.45) is 0. The maximum absolute atomic E-state index is 13.7. The minimum atomic E-state index is -1.45. The molecule has 0 unspecified atom stereocenters. The van der Waals surface area contributed by atoms with Crippen LogP contribution in [0.4, 0.5) is 24.5 Å². The lowest BCUT2D eigenvalue weighted by Gasteiger charge is -2.10. The molecule has 3 nitrogen and oxygen atoms in total. The fourth-order valence-electron chi connectivity index (χ4n) is 1.53. The number of halogens is 4. The van der Waals surface area contributed by atoms with E-state index in [1.165, 1.54) is 12.1 Å². The van der Waals surface area contributed by atoms with Crippen molar-refractivity contribution in [2.45, 2.75) is 0 Å². The normalized spacial score (nSPS) is 10.4. The van der Waals surface area contributed by atoms with Gasteiger partial charge in [-0.05, 0) is 30.3 Å². The summed E-state index contributed by atoms with van der Waals surface area (Å²) in [7, 11) is 0. The number of anilines is 2. The first-order valence-corrected chi connectivity index (χ1v) is 5.70. The van der Waals surface area contributed by atoms with Crippen LogP contribution in [0.3, 0.4) is 0 Å². The Morgan fingerprint density at radius 3 is 2.15 bits per heavy atom. The number of hydrogen-bond donors (Lipinski definition) is 2. The lowest BCUT2D eigenvalue weighted by atomic mass is 10.1. The smallest absolute Gasteiger partial charge is 0.335 e. The van der Waals surface area contributed by atoms with Gasteiger partial charge >= 0.3 is 5.97 Å². The van der Waals surface area contributed by atoms with Crippen LogP contribution in [0.5, 0.6) is 0 Å². The summed E-state index contributed by atoms with van der Waals surface area (Å²) in [6, 6.07) is 4.85. The Balaban J connectivity index is 2.38. The van der Waals surface area contributed by atoms with E-state index in [2.05, 4.69) is 5.32 Å².